The molecule has 0 aliphatic carbocycles. The van der Waals surface area contributed by atoms with Gasteiger partial charge in [-0.25, -0.2) is 0 Å². The number of amides is 1. The number of thiocarbonyl (C=S) groups is 1. The van der Waals surface area contributed by atoms with E-state index in [0.717, 1.165) is 5.56 Å². The number of halogens is 1. The number of rotatable bonds is 4. The molecule has 7 heteroatoms. The molecule has 1 heterocycles. The van der Waals surface area contributed by atoms with Crippen molar-refractivity contribution in [2.24, 2.45) is 0 Å². The third-order valence-electron chi connectivity index (χ3n) is 3.58. The Morgan fingerprint density at radius 2 is 1.96 bits per heavy atom. The van der Waals surface area contributed by atoms with Crippen LogP contribution in [-0.4, -0.2) is 24.4 Å². The van der Waals surface area contributed by atoms with Crippen molar-refractivity contribution in [3.63, 3.8) is 0 Å². The van der Waals surface area contributed by atoms with E-state index >= 15 is 0 Å². The zero-order chi connectivity index (χ0) is 18.0. The number of nitrogens with zero attached hydrogens (tertiary/aromatic N) is 1. The van der Waals surface area contributed by atoms with Crippen LogP contribution in [0.5, 0.6) is 11.5 Å². The minimum absolute atomic E-state index is 0.192. The lowest BCUT2D eigenvalue weighted by Gasteiger charge is -2.14. The first-order valence-corrected chi connectivity index (χ1v) is 8.89. The van der Waals surface area contributed by atoms with Crippen LogP contribution in [0.1, 0.15) is 5.56 Å². The Morgan fingerprint density at radius 3 is 2.64 bits per heavy atom. The smallest absolute Gasteiger partial charge is 0.270 e. The predicted molar refractivity (Wildman–Crippen MR) is 107 cm³/mol. The molecule has 2 aromatic rings. The number of carbonyl (C=O) groups is 1. The van der Waals surface area contributed by atoms with Crippen LogP contribution < -0.4 is 14.4 Å². The van der Waals surface area contributed by atoms with Crippen molar-refractivity contribution in [2.45, 2.75) is 0 Å². The zero-order valence-corrected chi connectivity index (χ0v) is 15.9. The summed E-state index contributed by atoms with van der Waals surface area (Å²) in [6.07, 6.45) is 1.76. The van der Waals surface area contributed by atoms with E-state index in [1.54, 1.807) is 56.7 Å². The maximum absolute atomic E-state index is 12.8. The molecule has 0 spiro atoms. The third-order valence-corrected chi connectivity index (χ3v) is 5.12. The molecule has 1 fully saturated rings. The largest absolute Gasteiger partial charge is 0.497 e. The van der Waals surface area contributed by atoms with E-state index in [4.69, 9.17) is 33.3 Å². The molecule has 0 aromatic heterocycles. The summed E-state index contributed by atoms with van der Waals surface area (Å²) in [5.74, 6) is 1.13. The van der Waals surface area contributed by atoms with Crippen LogP contribution in [0.25, 0.3) is 6.08 Å². The zero-order valence-electron chi connectivity index (χ0n) is 13.5. The van der Waals surface area contributed by atoms with Gasteiger partial charge in [0.15, 0.2) is 4.32 Å². The molecule has 0 unspecified atom stereocenters. The molecular weight excluding hydrogens is 378 g/mol. The van der Waals surface area contributed by atoms with Gasteiger partial charge in [-0.1, -0.05) is 41.6 Å². The van der Waals surface area contributed by atoms with Crippen LogP contribution in [0.4, 0.5) is 5.69 Å². The Balaban J connectivity index is 1.98. The number of hydrogen-bond acceptors (Lipinski definition) is 5. The maximum atomic E-state index is 12.8. The van der Waals surface area contributed by atoms with Gasteiger partial charge in [-0.2, -0.15) is 0 Å². The predicted octanol–water partition coefficient (Wildman–Crippen LogP) is 4.76. The molecule has 1 saturated heterocycles. The molecule has 0 radical (unpaired) electrons. The van der Waals surface area contributed by atoms with Gasteiger partial charge < -0.3 is 9.47 Å². The fourth-order valence-electron chi connectivity index (χ4n) is 2.40. The minimum Gasteiger partial charge on any atom is -0.497 e. The van der Waals surface area contributed by atoms with E-state index in [1.165, 1.54) is 16.7 Å². The highest BCUT2D eigenvalue weighted by molar-refractivity contribution is 8.27. The second kappa shape index (κ2) is 7.47. The number of hydrogen-bond donors (Lipinski definition) is 0. The molecule has 0 saturated carbocycles. The highest BCUT2D eigenvalue weighted by atomic mass is 35.5. The number of methoxy groups -OCH3 is 2. The highest BCUT2D eigenvalue weighted by Crippen LogP contribution is 2.38. The van der Waals surface area contributed by atoms with Crippen LogP contribution in [0, 0.1) is 0 Å². The molecule has 0 N–H and O–H groups in total. The Bertz CT molecular complexity index is 882. The minimum atomic E-state index is -0.192. The molecule has 25 heavy (non-hydrogen) atoms. The van der Waals surface area contributed by atoms with E-state index in [2.05, 4.69) is 0 Å². The van der Waals surface area contributed by atoms with Crippen LogP contribution in [0.15, 0.2) is 47.4 Å². The van der Waals surface area contributed by atoms with Gasteiger partial charge in [-0.15, -0.1) is 0 Å². The van der Waals surface area contributed by atoms with Crippen molar-refractivity contribution in [3.05, 3.63) is 58.0 Å². The number of benzene rings is 2. The summed E-state index contributed by atoms with van der Waals surface area (Å²) in [4.78, 5) is 14.8. The van der Waals surface area contributed by atoms with E-state index in [9.17, 15) is 4.79 Å². The van der Waals surface area contributed by atoms with Gasteiger partial charge in [0.25, 0.3) is 5.91 Å². The topological polar surface area (TPSA) is 38.8 Å². The molecule has 2 aromatic carbocycles. The molecule has 1 aliphatic heterocycles. The van der Waals surface area contributed by atoms with Crippen LogP contribution in [0.2, 0.25) is 5.02 Å². The second-order valence-corrected chi connectivity index (χ2v) is 7.22. The Hall–Kier alpha value is -2.02. The second-order valence-electron chi connectivity index (χ2n) is 5.10. The Morgan fingerprint density at radius 1 is 1.16 bits per heavy atom. The first-order valence-electron chi connectivity index (χ1n) is 7.29. The van der Waals surface area contributed by atoms with Crippen LogP contribution >= 0.6 is 35.6 Å². The van der Waals surface area contributed by atoms with E-state index in [-0.39, 0.29) is 5.91 Å². The monoisotopic (exact) mass is 391 g/mol. The van der Waals surface area contributed by atoms with Crippen LogP contribution in [-0.2, 0) is 4.79 Å². The molecule has 3 rings (SSSR count). The lowest BCUT2D eigenvalue weighted by molar-refractivity contribution is -0.113. The van der Waals surface area contributed by atoms with E-state index in [1.807, 2.05) is 6.07 Å². The number of carbonyl (C=O) groups excluding carboxylic acids is 1. The van der Waals surface area contributed by atoms with Crippen molar-refractivity contribution in [1.29, 1.82) is 0 Å². The summed E-state index contributed by atoms with van der Waals surface area (Å²) in [5.41, 5.74) is 1.39. The fourth-order valence-corrected chi connectivity index (χ4v) is 3.87. The van der Waals surface area contributed by atoms with Gasteiger partial charge in [0, 0.05) is 10.6 Å². The van der Waals surface area contributed by atoms with E-state index < -0.39 is 0 Å². The van der Waals surface area contributed by atoms with Crippen molar-refractivity contribution >= 4 is 57.6 Å². The summed E-state index contributed by atoms with van der Waals surface area (Å²) >= 11 is 12.6. The van der Waals surface area contributed by atoms with Crippen LogP contribution in [0.3, 0.4) is 0 Å². The third kappa shape index (κ3) is 3.66. The molecule has 1 amide bonds. The molecule has 128 valence electrons. The average molecular weight is 392 g/mol. The van der Waals surface area contributed by atoms with Crippen molar-refractivity contribution in [1.82, 2.24) is 0 Å². The maximum Gasteiger partial charge on any atom is 0.270 e. The van der Waals surface area contributed by atoms with Gasteiger partial charge in [0.1, 0.15) is 11.5 Å². The Labute approximate surface area is 160 Å². The molecular formula is C18H14ClNO3S2. The summed E-state index contributed by atoms with van der Waals surface area (Å²) in [7, 11) is 3.17. The van der Waals surface area contributed by atoms with Crippen molar-refractivity contribution in [3.8, 4) is 11.5 Å². The first kappa shape index (κ1) is 17.8. The quantitative estimate of drug-likeness (QED) is 0.554. The number of ether oxygens (including phenoxy) is 2. The fraction of sp³-hybridized carbons (Fsp3) is 0.111. The molecule has 0 atom stereocenters. The lowest BCUT2D eigenvalue weighted by atomic mass is 10.1. The molecule has 4 nitrogen and oxygen atoms in total. The van der Waals surface area contributed by atoms with Gasteiger partial charge in [-0.05, 0) is 42.5 Å². The van der Waals surface area contributed by atoms with Crippen molar-refractivity contribution in [2.75, 3.05) is 19.1 Å². The van der Waals surface area contributed by atoms with E-state index in [0.29, 0.717) is 31.4 Å². The summed E-state index contributed by atoms with van der Waals surface area (Å²) in [6, 6.07) is 12.4. The summed E-state index contributed by atoms with van der Waals surface area (Å²) in [5, 5.41) is 0.546. The first-order chi connectivity index (χ1) is 12.0. The van der Waals surface area contributed by atoms with Gasteiger partial charge in [-0.3, -0.25) is 9.69 Å². The molecule has 1 aliphatic rings. The molecule has 0 bridgehead atoms. The van der Waals surface area contributed by atoms with Gasteiger partial charge in [0.2, 0.25) is 0 Å². The lowest BCUT2D eigenvalue weighted by Crippen LogP contribution is -2.27. The van der Waals surface area contributed by atoms with Gasteiger partial charge in [0.05, 0.1) is 24.8 Å². The normalized spacial score (nSPS) is 15.8. The van der Waals surface area contributed by atoms with Crippen molar-refractivity contribution < 1.29 is 14.3 Å². The highest BCUT2D eigenvalue weighted by Gasteiger charge is 2.33. The standard InChI is InChI=1S/C18H14ClNO3S2/c1-22-14-6-7-15(23-2)11(8-14)9-16-17(21)20(18(24)25-16)13-5-3-4-12(19)10-13/h3-10H,1-2H3/b16-9+. The Kier molecular flexibility index (Phi) is 5.32. The number of anilines is 1. The summed E-state index contributed by atoms with van der Waals surface area (Å²) < 4.78 is 11.1. The SMILES string of the molecule is COc1ccc(OC)c(/C=C2/SC(=S)N(c3cccc(Cl)c3)C2=O)c1. The summed E-state index contributed by atoms with van der Waals surface area (Å²) in [6.45, 7) is 0. The number of thioether (sulfide) groups is 1. The van der Waals surface area contributed by atoms with Gasteiger partial charge >= 0.3 is 0 Å². The average Bonchev–Trinajstić information content (AvgIpc) is 2.88.